The standard InChI is InChI=1S/C21H16N4O2/c1-14-6-8-16(9-7-14)20(26)23-18-5-3-2-4-17(18)21-24-19(25-27-21)15-10-12-22-13-11-15/h2-13H,1H3,(H,23,26). The van der Waals surface area contributed by atoms with Gasteiger partial charge in [-0.05, 0) is 43.3 Å². The molecule has 0 spiro atoms. The Labute approximate surface area is 155 Å². The average molecular weight is 356 g/mol. The summed E-state index contributed by atoms with van der Waals surface area (Å²) in [5, 5.41) is 6.94. The topological polar surface area (TPSA) is 80.9 Å². The zero-order valence-corrected chi connectivity index (χ0v) is 14.6. The van der Waals surface area contributed by atoms with Gasteiger partial charge in [0.2, 0.25) is 5.82 Å². The van der Waals surface area contributed by atoms with Crippen LogP contribution in [0.2, 0.25) is 0 Å². The summed E-state index contributed by atoms with van der Waals surface area (Å²) in [5.41, 5.74) is 3.75. The number of anilines is 1. The highest BCUT2D eigenvalue weighted by atomic mass is 16.5. The van der Waals surface area contributed by atoms with Gasteiger partial charge in [0.25, 0.3) is 11.8 Å². The normalized spacial score (nSPS) is 10.6. The fourth-order valence-electron chi connectivity index (χ4n) is 2.63. The Morgan fingerprint density at radius 2 is 1.70 bits per heavy atom. The number of nitrogens with one attached hydrogen (secondary N) is 1. The van der Waals surface area contributed by atoms with E-state index in [0.717, 1.165) is 11.1 Å². The molecule has 6 nitrogen and oxygen atoms in total. The molecule has 1 N–H and O–H groups in total. The molecule has 132 valence electrons. The van der Waals surface area contributed by atoms with Crippen LogP contribution in [0.3, 0.4) is 0 Å². The van der Waals surface area contributed by atoms with Crippen molar-refractivity contribution in [1.29, 1.82) is 0 Å². The van der Waals surface area contributed by atoms with Crippen LogP contribution in [0.5, 0.6) is 0 Å². The van der Waals surface area contributed by atoms with Crippen LogP contribution in [-0.4, -0.2) is 21.0 Å². The lowest BCUT2D eigenvalue weighted by atomic mass is 10.1. The fourth-order valence-corrected chi connectivity index (χ4v) is 2.63. The molecular weight excluding hydrogens is 340 g/mol. The van der Waals surface area contributed by atoms with Gasteiger partial charge in [-0.25, -0.2) is 0 Å². The predicted octanol–water partition coefficient (Wildman–Crippen LogP) is 4.36. The number of aromatic nitrogens is 3. The average Bonchev–Trinajstić information content (AvgIpc) is 3.19. The van der Waals surface area contributed by atoms with Crippen LogP contribution in [-0.2, 0) is 0 Å². The van der Waals surface area contributed by atoms with Gasteiger partial charge in [-0.3, -0.25) is 9.78 Å². The van der Waals surface area contributed by atoms with E-state index in [0.29, 0.717) is 28.5 Å². The lowest BCUT2D eigenvalue weighted by molar-refractivity contribution is 0.102. The Bertz CT molecular complexity index is 1070. The van der Waals surface area contributed by atoms with Gasteiger partial charge in [-0.2, -0.15) is 4.98 Å². The van der Waals surface area contributed by atoms with E-state index in [9.17, 15) is 4.79 Å². The molecule has 0 saturated heterocycles. The van der Waals surface area contributed by atoms with Gasteiger partial charge in [0.05, 0.1) is 11.3 Å². The van der Waals surface area contributed by atoms with Crippen molar-refractivity contribution in [2.24, 2.45) is 0 Å². The number of rotatable bonds is 4. The third-order valence-corrected chi connectivity index (χ3v) is 4.08. The Hall–Kier alpha value is -3.80. The molecule has 2 aromatic carbocycles. The maximum atomic E-state index is 12.6. The van der Waals surface area contributed by atoms with E-state index < -0.39 is 0 Å². The number of hydrogen-bond acceptors (Lipinski definition) is 5. The highest BCUT2D eigenvalue weighted by molar-refractivity contribution is 6.06. The number of benzene rings is 2. The molecular formula is C21H16N4O2. The number of carbonyl (C=O) groups is 1. The minimum atomic E-state index is -0.198. The summed E-state index contributed by atoms with van der Waals surface area (Å²) in [6, 6.07) is 18.3. The summed E-state index contributed by atoms with van der Waals surface area (Å²) in [6.45, 7) is 1.98. The van der Waals surface area contributed by atoms with Gasteiger partial charge < -0.3 is 9.84 Å². The highest BCUT2D eigenvalue weighted by Gasteiger charge is 2.16. The predicted molar refractivity (Wildman–Crippen MR) is 102 cm³/mol. The van der Waals surface area contributed by atoms with Gasteiger partial charge in [0.15, 0.2) is 0 Å². The first-order chi connectivity index (χ1) is 13.2. The van der Waals surface area contributed by atoms with Crippen LogP contribution in [0.1, 0.15) is 15.9 Å². The van der Waals surface area contributed by atoms with Crippen molar-refractivity contribution in [3.05, 3.63) is 84.2 Å². The molecule has 27 heavy (non-hydrogen) atoms. The van der Waals surface area contributed by atoms with Gasteiger partial charge in [0.1, 0.15) is 0 Å². The second kappa shape index (κ2) is 7.21. The van der Waals surface area contributed by atoms with Crippen molar-refractivity contribution in [3.63, 3.8) is 0 Å². The molecule has 0 aliphatic carbocycles. The van der Waals surface area contributed by atoms with E-state index in [4.69, 9.17) is 4.52 Å². The molecule has 0 aliphatic rings. The summed E-state index contributed by atoms with van der Waals surface area (Å²) < 4.78 is 5.42. The zero-order chi connectivity index (χ0) is 18.6. The first-order valence-electron chi connectivity index (χ1n) is 8.42. The van der Waals surface area contributed by atoms with Crippen LogP contribution in [0.25, 0.3) is 22.8 Å². The van der Waals surface area contributed by atoms with Gasteiger partial charge in [0, 0.05) is 23.5 Å². The van der Waals surface area contributed by atoms with E-state index in [2.05, 4.69) is 20.4 Å². The first kappa shape index (κ1) is 16.7. The SMILES string of the molecule is Cc1ccc(C(=O)Nc2ccccc2-c2nc(-c3ccncc3)no2)cc1. The third kappa shape index (κ3) is 3.59. The largest absolute Gasteiger partial charge is 0.334 e. The molecule has 2 aromatic heterocycles. The minimum absolute atomic E-state index is 0.198. The van der Waals surface area contributed by atoms with Crippen molar-refractivity contribution < 1.29 is 9.32 Å². The summed E-state index contributed by atoms with van der Waals surface area (Å²) in [4.78, 5) is 21.0. The van der Waals surface area contributed by atoms with Gasteiger partial charge >= 0.3 is 0 Å². The van der Waals surface area contributed by atoms with Crippen molar-refractivity contribution >= 4 is 11.6 Å². The number of aryl methyl sites for hydroxylation is 1. The Morgan fingerprint density at radius 1 is 0.963 bits per heavy atom. The van der Waals surface area contributed by atoms with Crippen molar-refractivity contribution in [2.75, 3.05) is 5.32 Å². The second-order valence-corrected chi connectivity index (χ2v) is 6.02. The molecule has 0 aliphatic heterocycles. The minimum Gasteiger partial charge on any atom is -0.334 e. The molecule has 1 amide bonds. The maximum absolute atomic E-state index is 12.6. The molecule has 0 unspecified atom stereocenters. The molecule has 0 fully saturated rings. The van der Waals surface area contributed by atoms with Gasteiger partial charge in [-0.1, -0.05) is 35.0 Å². The number of nitrogens with zero attached hydrogens (tertiary/aromatic N) is 3. The van der Waals surface area contributed by atoms with Crippen molar-refractivity contribution in [3.8, 4) is 22.8 Å². The number of hydrogen-bond donors (Lipinski definition) is 1. The summed E-state index contributed by atoms with van der Waals surface area (Å²) >= 11 is 0. The third-order valence-electron chi connectivity index (χ3n) is 4.08. The van der Waals surface area contributed by atoms with E-state index in [1.807, 2.05) is 37.3 Å². The van der Waals surface area contributed by atoms with E-state index in [1.165, 1.54) is 0 Å². The molecule has 4 aromatic rings. The van der Waals surface area contributed by atoms with Crippen LogP contribution >= 0.6 is 0 Å². The van der Waals surface area contributed by atoms with E-state index in [1.54, 1.807) is 42.7 Å². The molecule has 2 heterocycles. The lowest BCUT2D eigenvalue weighted by Gasteiger charge is -2.08. The summed E-state index contributed by atoms with van der Waals surface area (Å²) in [7, 11) is 0. The van der Waals surface area contributed by atoms with Crippen LogP contribution in [0.4, 0.5) is 5.69 Å². The molecule has 6 heteroatoms. The number of amides is 1. The molecule has 0 atom stereocenters. The number of carbonyl (C=O) groups excluding carboxylic acids is 1. The molecule has 0 bridgehead atoms. The van der Waals surface area contributed by atoms with Crippen molar-refractivity contribution in [1.82, 2.24) is 15.1 Å². The summed E-state index contributed by atoms with van der Waals surface area (Å²) in [5.74, 6) is 0.602. The second-order valence-electron chi connectivity index (χ2n) is 6.02. The first-order valence-corrected chi connectivity index (χ1v) is 8.42. The smallest absolute Gasteiger partial charge is 0.260 e. The monoisotopic (exact) mass is 356 g/mol. The number of pyridine rings is 1. The Kier molecular flexibility index (Phi) is 4.45. The number of para-hydroxylation sites is 1. The quantitative estimate of drug-likeness (QED) is 0.587. The molecule has 4 rings (SSSR count). The van der Waals surface area contributed by atoms with E-state index in [-0.39, 0.29) is 5.91 Å². The highest BCUT2D eigenvalue weighted by Crippen LogP contribution is 2.28. The van der Waals surface area contributed by atoms with Crippen molar-refractivity contribution in [2.45, 2.75) is 6.92 Å². The lowest BCUT2D eigenvalue weighted by Crippen LogP contribution is -2.12. The molecule has 0 radical (unpaired) electrons. The van der Waals surface area contributed by atoms with Gasteiger partial charge in [-0.15, -0.1) is 0 Å². The maximum Gasteiger partial charge on any atom is 0.260 e. The Balaban J connectivity index is 1.63. The van der Waals surface area contributed by atoms with E-state index >= 15 is 0 Å². The Morgan fingerprint density at radius 3 is 2.48 bits per heavy atom. The fraction of sp³-hybridized carbons (Fsp3) is 0.0476. The zero-order valence-electron chi connectivity index (χ0n) is 14.6. The van der Waals surface area contributed by atoms with Crippen LogP contribution in [0.15, 0.2) is 77.6 Å². The summed E-state index contributed by atoms with van der Waals surface area (Å²) in [6.07, 6.45) is 3.34. The van der Waals surface area contributed by atoms with Crippen LogP contribution in [0, 0.1) is 6.92 Å². The van der Waals surface area contributed by atoms with Crippen LogP contribution < -0.4 is 5.32 Å². The molecule has 0 saturated carbocycles.